The van der Waals surface area contributed by atoms with Crippen LogP contribution < -0.4 is 5.73 Å². The van der Waals surface area contributed by atoms with Gasteiger partial charge in [-0.15, -0.1) is 11.3 Å². The summed E-state index contributed by atoms with van der Waals surface area (Å²) in [6, 6.07) is 1.88. The highest BCUT2D eigenvalue weighted by Crippen LogP contribution is 2.25. The Balaban J connectivity index is 2.14. The van der Waals surface area contributed by atoms with Crippen LogP contribution in [0.2, 0.25) is 0 Å². The van der Waals surface area contributed by atoms with Crippen molar-refractivity contribution in [2.45, 2.75) is 19.1 Å². The lowest BCUT2D eigenvalue weighted by Gasteiger charge is -2.14. The fourth-order valence-electron chi connectivity index (χ4n) is 2.36. The summed E-state index contributed by atoms with van der Waals surface area (Å²) in [5.74, 6) is 5.83. The number of rotatable bonds is 3. The molecule has 2 atom stereocenters. The summed E-state index contributed by atoms with van der Waals surface area (Å²) in [5, 5.41) is 0. The molecule has 21 heavy (non-hydrogen) atoms. The molecule has 5 nitrogen and oxygen atoms in total. The number of ether oxygens (including phenoxy) is 2. The first-order valence-electron chi connectivity index (χ1n) is 6.75. The molecule has 1 fully saturated rings. The maximum Gasteiger partial charge on any atom is 0.264 e. The van der Waals surface area contributed by atoms with Crippen molar-refractivity contribution in [2.75, 3.05) is 33.9 Å². The van der Waals surface area contributed by atoms with Gasteiger partial charge in [0.05, 0.1) is 16.3 Å². The van der Waals surface area contributed by atoms with E-state index in [2.05, 4.69) is 11.8 Å². The summed E-state index contributed by atoms with van der Waals surface area (Å²) in [4.78, 5) is 15.9. The van der Waals surface area contributed by atoms with Crippen molar-refractivity contribution in [1.82, 2.24) is 4.90 Å². The smallest absolute Gasteiger partial charge is 0.264 e. The van der Waals surface area contributed by atoms with Gasteiger partial charge in [0.2, 0.25) is 0 Å². The summed E-state index contributed by atoms with van der Waals surface area (Å²) in [6.45, 7) is 3.37. The van der Waals surface area contributed by atoms with E-state index in [9.17, 15) is 4.79 Å². The first-order chi connectivity index (χ1) is 10.1. The normalized spacial score (nSPS) is 21.2. The van der Waals surface area contributed by atoms with E-state index in [1.54, 1.807) is 19.1 Å². The van der Waals surface area contributed by atoms with Crippen molar-refractivity contribution >= 4 is 17.2 Å². The summed E-state index contributed by atoms with van der Waals surface area (Å²) in [6.07, 6.45) is -0.145. The van der Waals surface area contributed by atoms with Gasteiger partial charge in [-0.3, -0.25) is 4.79 Å². The molecule has 1 amide bonds. The maximum atomic E-state index is 12.6. The van der Waals surface area contributed by atoms with Crippen LogP contribution in [0.4, 0.5) is 0 Å². The zero-order valence-corrected chi connectivity index (χ0v) is 13.3. The largest absolute Gasteiger partial charge is 0.377 e. The van der Waals surface area contributed by atoms with Gasteiger partial charge in [0.15, 0.2) is 0 Å². The topological polar surface area (TPSA) is 64.8 Å². The van der Waals surface area contributed by atoms with E-state index in [1.165, 1.54) is 11.3 Å². The van der Waals surface area contributed by atoms with Gasteiger partial charge in [-0.05, 0) is 18.6 Å². The molecule has 2 unspecified atom stereocenters. The second-order valence-corrected chi connectivity index (χ2v) is 5.94. The van der Waals surface area contributed by atoms with Crippen molar-refractivity contribution in [3.63, 3.8) is 0 Å². The molecular formula is C15H20N2O3S. The van der Waals surface area contributed by atoms with Crippen molar-refractivity contribution in [2.24, 2.45) is 5.73 Å². The molecule has 2 heterocycles. The number of amides is 1. The van der Waals surface area contributed by atoms with E-state index in [4.69, 9.17) is 15.2 Å². The van der Waals surface area contributed by atoms with E-state index in [1.807, 2.05) is 13.0 Å². The number of hydrogen-bond donors (Lipinski definition) is 1. The van der Waals surface area contributed by atoms with Gasteiger partial charge in [-0.2, -0.15) is 0 Å². The van der Waals surface area contributed by atoms with Gasteiger partial charge >= 0.3 is 0 Å². The molecule has 0 saturated carbocycles. The molecule has 1 aliphatic heterocycles. The molecule has 6 heteroatoms. The Hall–Kier alpha value is -1.39. The summed E-state index contributed by atoms with van der Waals surface area (Å²) >= 11 is 1.41. The number of thiophene rings is 1. The van der Waals surface area contributed by atoms with E-state index in [0.29, 0.717) is 24.5 Å². The van der Waals surface area contributed by atoms with E-state index in [0.717, 1.165) is 10.4 Å². The molecule has 0 aliphatic carbocycles. The van der Waals surface area contributed by atoms with Crippen LogP contribution in [0.3, 0.4) is 0 Å². The predicted octanol–water partition coefficient (Wildman–Crippen LogP) is 0.853. The Bertz CT molecular complexity index is 561. The highest BCUT2D eigenvalue weighted by molar-refractivity contribution is 7.14. The fourth-order valence-corrected chi connectivity index (χ4v) is 3.38. The van der Waals surface area contributed by atoms with Crippen molar-refractivity contribution in [3.05, 3.63) is 21.4 Å². The SMILES string of the molecule is COC1CN(C(=O)c2cc(C)c(C#CCN)s2)CC1OC. The van der Waals surface area contributed by atoms with Crippen LogP contribution in [0.25, 0.3) is 0 Å². The van der Waals surface area contributed by atoms with Crippen LogP contribution in [0.5, 0.6) is 0 Å². The highest BCUT2D eigenvalue weighted by atomic mass is 32.1. The second kappa shape index (κ2) is 7.05. The number of carbonyl (C=O) groups excluding carboxylic acids is 1. The molecule has 0 aromatic carbocycles. The molecule has 2 rings (SSSR count). The molecule has 114 valence electrons. The van der Waals surface area contributed by atoms with Gasteiger partial charge in [-0.25, -0.2) is 0 Å². The minimum absolute atomic E-state index is 0.00509. The molecule has 0 radical (unpaired) electrons. The minimum Gasteiger partial charge on any atom is -0.377 e. The third kappa shape index (κ3) is 3.44. The quantitative estimate of drug-likeness (QED) is 0.841. The number of likely N-dealkylation sites (tertiary alicyclic amines) is 1. The molecule has 2 N–H and O–H groups in total. The first kappa shape index (κ1) is 16.0. The molecule has 1 saturated heterocycles. The molecule has 0 bridgehead atoms. The third-order valence-electron chi connectivity index (χ3n) is 3.54. The number of methoxy groups -OCH3 is 2. The van der Waals surface area contributed by atoms with Crippen LogP contribution in [-0.4, -0.2) is 56.9 Å². The van der Waals surface area contributed by atoms with Gasteiger partial charge in [0.1, 0.15) is 12.2 Å². The maximum absolute atomic E-state index is 12.6. The Morgan fingerprint density at radius 1 is 1.43 bits per heavy atom. The zero-order valence-electron chi connectivity index (χ0n) is 12.5. The van der Waals surface area contributed by atoms with Crippen molar-refractivity contribution in [1.29, 1.82) is 0 Å². The number of nitrogens with zero attached hydrogens (tertiary/aromatic N) is 1. The molecule has 1 aromatic rings. The number of hydrogen-bond acceptors (Lipinski definition) is 5. The standard InChI is InChI=1S/C15H20N2O3S/c1-10-7-14(21-13(10)5-4-6-16)15(18)17-8-11(19-2)12(9-17)20-3/h7,11-12H,6,8-9,16H2,1-3H3. The molecule has 1 aromatic heterocycles. The second-order valence-electron chi connectivity index (χ2n) is 4.89. The monoisotopic (exact) mass is 308 g/mol. The molecular weight excluding hydrogens is 288 g/mol. The van der Waals surface area contributed by atoms with Crippen LogP contribution in [0, 0.1) is 18.8 Å². The minimum atomic E-state index is -0.0727. The average molecular weight is 308 g/mol. The van der Waals surface area contributed by atoms with Crippen LogP contribution >= 0.6 is 11.3 Å². The first-order valence-corrected chi connectivity index (χ1v) is 7.56. The Labute approximate surface area is 129 Å². The summed E-state index contributed by atoms with van der Waals surface area (Å²) in [5.41, 5.74) is 6.39. The Morgan fingerprint density at radius 3 is 2.57 bits per heavy atom. The number of aryl methyl sites for hydroxylation is 1. The fraction of sp³-hybridized carbons (Fsp3) is 0.533. The lowest BCUT2D eigenvalue weighted by atomic mass is 10.2. The molecule has 1 aliphatic rings. The lowest BCUT2D eigenvalue weighted by Crippen LogP contribution is -2.29. The Morgan fingerprint density at radius 2 is 2.05 bits per heavy atom. The van der Waals surface area contributed by atoms with Crippen molar-refractivity contribution in [3.8, 4) is 11.8 Å². The average Bonchev–Trinajstić information content (AvgIpc) is 3.07. The zero-order chi connectivity index (χ0) is 15.4. The molecule has 0 spiro atoms. The summed E-state index contributed by atoms with van der Waals surface area (Å²) < 4.78 is 10.7. The van der Waals surface area contributed by atoms with Crippen LogP contribution in [0.1, 0.15) is 20.1 Å². The van der Waals surface area contributed by atoms with Gasteiger partial charge in [0.25, 0.3) is 5.91 Å². The lowest BCUT2D eigenvalue weighted by molar-refractivity contribution is -0.00461. The van der Waals surface area contributed by atoms with E-state index in [-0.39, 0.29) is 18.1 Å². The number of carbonyl (C=O) groups is 1. The van der Waals surface area contributed by atoms with E-state index < -0.39 is 0 Å². The van der Waals surface area contributed by atoms with Crippen LogP contribution in [-0.2, 0) is 9.47 Å². The van der Waals surface area contributed by atoms with E-state index >= 15 is 0 Å². The van der Waals surface area contributed by atoms with Gasteiger partial charge < -0.3 is 20.1 Å². The third-order valence-corrected chi connectivity index (χ3v) is 4.68. The van der Waals surface area contributed by atoms with Gasteiger partial charge in [0, 0.05) is 27.3 Å². The highest BCUT2D eigenvalue weighted by Gasteiger charge is 2.36. The van der Waals surface area contributed by atoms with Crippen LogP contribution in [0.15, 0.2) is 6.07 Å². The Kier molecular flexibility index (Phi) is 5.37. The predicted molar refractivity (Wildman–Crippen MR) is 82.5 cm³/mol. The summed E-state index contributed by atoms with van der Waals surface area (Å²) in [7, 11) is 3.28. The van der Waals surface area contributed by atoms with Gasteiger partial charge in [-0.1, -0.05) is 11.8 Å². The van der Waals surface area contributed by atoms with Crippen molar-refractivity contribution < 1.29 is 14.3 Å². The number of nitrogens with two attached hydrogens (primary N) is 1.